The summed E-state index contributed by atoms with van der Waals surface area (Å²) in [4.78, 5) is 4.55. The third kappa shape index (κ3) is 3.48. The van der Waals surface area contributed by atoms with Crippen LogP contribution in [0.1, 0.15) is 57.2 Å². The fourth-order valence-electron chi connectivity index (χ4n) is 2.50. The van der Waals surface area contributed by atoms with Gasteiger partial charge in [0.2, 0.25) is 5.89 Å². The van der Waals surface area contributed by atoms with Gasteiger partial charge in [0.15, 0.2) is 5.82 Å². The molecule has 0 bridgehead atoms. The van der Waals surface area contributed by atoms with E-state index in [0.29, 0.717) is 12.0 Å². The van der Waals surface area contributed by atoms with E-state index in [2.05, 4.69) is 29.3 Å². The molecule has 0 spiro atoms. The van der Waals surface area contributed by atoms with Crippen LogP contribution < -0.4 is 5.32 Å². The van der Waals surface area contributed by atoms with Gasteiger partial charge in [0.25, 0.3) is 0 Å². The lowest BCUT2D eigenvalue weighted by molar-refractivity contribution is 0.328. The van der Waals surface area contributed by atoms with Crippen molar-refractivity contribution in [2.24, 2.45) is 0 Å². The van der Waals surface area contributed by atoms with Crippen LogP contribution in [0.15, 0.2) is 4.52 Å². The quantitative estimate of drug-likeness (QED) is 0.824. The van der Waals surface area contributed by atoms with E-state index in [1.165, 1.54) is 25.7 Å². The number of hydrogen-bond acceptors (Lipinski definition) is 5. The second-order valence-corrected chi connectivity index (χ2v) is 6.06. The molecule has 5 heteroatoms. The molecule has 1 aromatic rings. The van der Waals surface area contributed by atoms with Gasteiger partial charge < -0.3 is 9.84 Å². The van der Waals surface area contributed by atoms with Gasteiger partial charge in [-0.3, -0.25) is 0 Å². The van der Waals surface area contributed by atoms with Crippen molar-refractivity contribution in [1.29, 1.82) is 0 Å². The molecule has 2 rings (SSSR count). The van der Waals surface area contributed by atoms with E-state index in [1.54, 1.807) is 0 Å². The van der Waals surface area contributed by atoms with Gasteiger partial charge in [-0.25, -0.2) is 0 Å². The van der Waals surface area contributed by atoms with Crippen LogP contribution >= 0.6 is 11.8 Å². The Balaban J connectivity index is 1.94. The fraction of sp³-hybridized carbons (Fsp3) is 0.846. The van der Waals surface area contributed by atoms with E-state index >= 15 is 0 Å². The Hall–Kier alpha value is -0.550. The van der Waals surface area contributed by atoms with Crippen molar-refractivity contribution in [1.82, 2.24) is 15.5 Å². The first-order valence-corrected chi connectivity index (χ1v) is 8.14. The van der Waals surface area contributed by atoms with Crippen LogP contribution in [0.4, 0.5) is 0 Å². The van der Waals surface area contributed by atoms with Crippen molar-refractivity contribution in [3.8, 4) is 0 Å². The Morgan fingerprint density at radius 1 is 1.39 bits per heavy atom. The molecule has 2 atom stereocenters. The molecule has 0 aliphatic heterocycles. The van der Waals surface area contributed by atoms with Crippen molar-refractivity contribution in [3.63, 3.8) is 0 Å². The summed E-state index contributed by atoms with van der Waals surface area (Å²) >= 11 is 1.83. The van der Waals surface area contributed by atoms with Gasteiger partial charge in [0.05, 0.1) is 11.7 Å². The molecule has 0 aromatic carbocycles. The molecule has 0 radical (unpaired) electrons. The zero-order valence-corrected chi connectivity index (χ0v) is 12.1. The van der Waals surface area contributed by atoms with Gasteiger partial charge in [0, 0.05) is 6.04 Å². The van der Waals surface area contributed by atoms with Gasteiger partial charge >= 0.3 is 0 Å². The average Bonchev–Trinajstić information content (AvgIpc) is 3.02. The van der Waals surface area contributed by atoms with Crippen molar-refractivity contribution >= 4 is 11.8 Å². The standard InChI is InChI=1S/C13H23N3OS/c1-3-8-14-11-7-5-6-10(11)13-15-12(16-17-13)9-18-4-2/h10-11,14H,3-9H2,1-2H3. The minimum atomic E-state index is 0.421. The normalized spacial score (nSPS) is 23.7. The predicted octanol–water partition coefficient (Wildman–Crippen LogP) is 2.96. The molecule has 1 aliphatic rings. The Labute approximate surface area is 113 Å². The highest BCUT2D eigenvalue weighted by molar-refractivity contribution is 7.98. The van der Waals surface area contributed by atoms with Gasteiger partial charge in [-0.2, -0.15) is 16.7 Å². The van der Waals surface area contributed by atoms with Crippen LogP contribution in [0.25, 0.3) is 0 Å². The molecule has 1 aliphatic carbocycles. The van der Waals surface area contributed by atoms with Crippen molar-refractivity contribution in [2.45, 2.75) is 57.2 Å². The minimum Gasteiger partial charge on any atom is -0.339 e. The van der Waals surface area contributed by atoms with Crippen molar-refractivity contribution in [3.05, 3.63) is 11.7 Å². The summed E-state index contributed by atoms with van der Waals surface area (Å²) in [5.41, 5.74) is 0. The molecule has 0 saturated heterocycles. The third-order valence-corrected chi connectivity index (χ3v) is 4.28. The summed E-state index contributed by atoms with van der Waals surface area (Å²) < 4.78 is 5.44. The molecule has 1 aromatic heterocycles. The highest BCUT2D eigenvalue weighted by Crippen LogP contribution is 2.33. The average molecular weight is 269 g/mol. The van der Waals surface area contributed by atoms with E-state index in [0.717, 1.165) is 29.8 Å². The molecule has 2 unspecified atom stereocenters. The summed E-state index contributed by atoms with van der Waals surface area (Å²) in [6.07, 6.45) is 4.83. The maximum absolute atomic E-state index is 5.44. The van der Waals surface area contributed by atoms with Crippen LogP contribution in [0.2, 0.25) is 0 Å². The van der Waals surface area contributed by atoms with E-state index in [-0.39, 0.29) is 0 Å². The molecule has 18 heavy (non-hydrogen) atoms. The number of nitrogens with zero attached hydrogens (tertiary/aromatic N) is 2. The number of rotatable bonds is 7. The first kappa shape index (κ1) is 13.9. The maximum Gasteiger partial charge on any atom is 0.231 e. The Bertz CT molecular complexity index is 356. The van der Waals surface area contributed by atoms with E-state index in [1.807, 2.05) is 11.8 Å². The molecule has 1 saturated carbocycles. The Kier molecular flexibility index (Phi) is 5.50. The monoisotopic (exact) mass is 269 g/mol. The topological polar surface area (TPSA) is 51.0 Å². The Morgan fingerprint density at radius 3 is 3.06 bits per heavy atom. The number of hydrogen-bond donors (Lipinski definition) is 1. The Morgan fingerprint density at radius 2 is 2.28 bits per heavy atom. The second kappa shape index (κ2) is 7.14. The third-order valence-electron chi connectivity index (χ3n) is 3.41. The molecule has 1 heterocycles. The highest BCUT2D eigenvalue weighted by atomic mass is 32.2. The molecule has 4 nitrogen and oxygen atoms in total. The minimum absolute atomic E-state index is 0.421. The number of aromatic nitrogens is 2. The fourth-order valence-corrected chi connectivity index (χ4v) is 3.00. The van der Waals surface area contributed by atoms with Crippen LogP contribution in [-0.4, -0.2) is 28.5 Å². The summed E-state index contributed by atoms with van der Waals surface area (Å²) in [5.74, 6) is 4.06. The zero-order valence-electron chi connectivity index (χ0n) is 11.3. The van der Waals surface area contributed by atoms with E-state index < -0.39 is 0 Å². The predicted molar refractivity (Wildman–Crippen MR) is 74.8 cm³/mol. The maximum atomic E-state index is 5.44. The molecular weight excluding hydrogens is 246 g/mol. The summed E-state index contributed by atoms with van der Waals surface area (Å²) in [6, 6.07) is 0.525. The van der Waals surface area contributed by atoms with E-state index in [9.17, 15) is 0 Å². The van der Waals surface area contributed by atoms with Crippen LogP contribution in [0.5, 0.6) is 0 Å². The first-order valence-electron chi connectivity index (χ1n) is 6.98. The highest BCUT2D eigenvalue weighted by Gasteiger charge is 2.32. The van der Waals surface area contributed by atoms with Gasteiger partial charge in [0.1, 0.15) is 0 Å². The lowest BCUT2D eigenvalue weighted by Crippen LogP contribution is -2.31. The van der Waals surface area contributed by atoms with Crippen LogP contribution in [0, 0.1) is 0 Å². The zero-order chi connectivity index (χ0) is 12.8. The van der Waals surface area contributed by atoms with E-state index in [4.69, 9.17) is 4.52 Å². The summed E-state index contributed by atoms with van der Waals surface area (Å²) in [7, 11) is 0. The van der Waals surface area contributed by atoms with Crippen molar-refractivity contribution < 1.29 is 4.52 Å². The second-order valence-electron chi connectivity index (χ2n) is 4.78. The smallest absolute Gasteiger partial charge is 0.231 e. The number of nitrogens with one attached hydrogen (secondary N) is 1. The van der Waals surface area contributed by atoms with Crippen molar-refractivity contribution in [2.75, 3.05) is 12.3 Å². The van der Waals surface area contributed by atoms with Gasteiger partial charge in [-0.15, -0.1) is 0 Å². The first-order chi connectivity index (χ1) is 8.85. The molecule has 102 valence electrons. The molecular formula is C13H23N3OS. The molecule has 1 N–H and O–H groups in total. The molecule has 0 amide bonds. The van der Waals surface area contributed by atoms with Crippen LogP contribution in [-0.2, 0) is 5.75 Å². The lowest BCUT2D eigenvalue weighted by Gasteiger charge is -2.17. The lowest BCUT2D eigenvalue weighted by atomic mass is 10.0. The largest absolute Gasteiger partial charge is 0.339 e. The van der Waals surface area contributed by atoms with Gasteiger partial charge in [-0.05, 0) is 31.6 Å². The van der Waals surface area contributed by atoms with Crippen LogP contribution in [0.3, 0.4) is 0 Å². The SMILES string of the molecule is CCCNC1CCCC1c1nc(CSCC)no1. The summed E-state index contributed by atoms with van der Waals surface area (Å²) in [6.45, 7) is 5.42. The number of thioether (sulfide) groups is 1. The van der Waals surface area contributed by atoms with Gasteiger partial charge in [-0.1, -0.05) is 25.4 Å². The molecule has 1 fully saturated rings. The summed E-state index contributed by atoms with van der Waals surface area (Å²) in [5, 5.41) is 7.68.